The van der Waals surface area contributed by atoms with E-state index < -0.39 is 0 Å². The lowest BCUT2D eigenvalue weighted by Gasteiger charge is -2.26. The summed E-state index contributed by atoms with van der Waals surface area (Å²) in [7, 11) is 1.65. The van der Waals surface area contributed by atoms with E-state index in [-0.39, 0.29) is 5.91 Å². The molecule has 2 aliphatic heterocycles. The highest BCUT2D eigenvalue weighted by Crippen LogP contribution is 2.43. The molecule has 36 heavy (non-hydrogen) atoms. The molecule has 0 atom stereocenters. The Morgan fingerprint density at radius 2 is 1.50 bits per heavy atom. The molecule has 0 unspecified atom stereocenters. The van der Waals surface area contributed by atoms with Crippen LogP contribution in [-0.2, 0) is 17.8 Å². The second-order valence-electron chi connectivity index (χ2n) is 9.18. The van der Waals surface area contributed by atoms with Gasteiger partial charge in [-0.3, -0.25) is 9.69 Å². The maximum Gasteiger partial charge on any atom is 0.259 e. The van der Waals surface area contributed by atoms with Gasteiger partial charge in [0, 0.05) is 36.0 Å². The zero-order valence-corrected chi connectivity index (χ0v) is 20.3. The van der Waals surface area contributed by atoms with Crippen LogP contribution in [0.1, 0.15) is 21.5 Å². The summed E-state index contributed by atoms with van der Waals surface area (Å²) >= 11 is 0. The van der Waals surface area contributed by atoms with Crippen LogP contribution in [0.5, 0.6) is 17.2 Å². The van der Waals surface area contributed by atoms with Crippen molar-refractivity contribution in [1.29, 1.82) is 0 Å². The van der Waals surface area contributed by atoms with Gasteiger partial charge in [-0.15, -0.1) is 0 Å². The standard InChI is InChI=1S/C30H28N2O4/c1-34-23-9-5-22(6-10-23)20-32-27-13-14-28(25-3-2-4-26(29(25)27)30(32)33)36-24-11-7-21(8-12-24)19-31-15-17-35-18-16-31/h2-14H,15-20H2,1H3. The molecule has 2 heterocycles. The van der Waals surface area contributed by atoms with Crippen LogP contribution >= 0.6 is 0 Å². The van der Waals surface area contributed by atoms with Gasteiger partial charge in [-0.05, 0) is 53.6 Å². The van der Waals surface area contributed by atoms with Gasteiger partial charge in [0.1, 0.15) is 17.2 Å². The first kappa shape index (κ1) is 22.6. The molecule has 0 N–H and O–H groups in total. The summed E-state index contributed by atoms with van der Waals surface area (Å²) in [5.74, 6) is 2.33. The quantitative estimate of drug-likeness (QED) is 0.343. The van der Waals surface area contributed by atoms with Gasteiger partial charge in [0.2, 0.25) is 0 Å². The number of carbonyl (C=O) groups excluding carboxylic acids is 1. The van der Waals surface area contributed by atoms with E-state index in [1.165, 1.54) is 5.56 Å². The summed E-state index contributed by atoms with van der Waals surface area (Å²) in [6.07, 6.45) is 0. The monoisotopic (exact) mass is 480 g/mol. The number of nitrogens with zero attached hydrogens (tertiary/aromatic N) is 2. The molecule has 6 heteroatoms. The van der Waals surface area contributed by atoms with Crippen LogP contribution in [0.2, 0.25) is 0 Å². The van der Waals surface area contributed by atoms with Gasteiger partial charge in [0.25, 0.3) is 5.91 Å². The Morgan fingerprint density at radius 3 is 2.22 bits per heavy atom. The first-order chi connectivity index (χ1) is 17.7. The molecule has 4 aromatic rings. The summed E-state index contributed by atoms with van der Waals surface area (Å²) in [6.45, 7) is 4.94. The summed E-state index contributed by atoms with van der Waals surface area (Å²) in [6, 6.07) is 25.9. The van der Waals surface area contributed by atoms with Crippen LogP contribution < -0.4 is 14.4 Å². The highest BCUT2D eigenvalue weighted by molar-refractivity contribution is 6.25. The fourth-order valence-electron chi connectivity index (χ4n) is 4.99. The third kappa shape index (κ3) is 4.30. The van der Waals surface area contributed by atoms with Crippen LogP contribution in [0.3, 0.4) is 0 Å². The summed E-state index contributed by atoms with van der Waals surface area (Å²) in [5, 5.41) is 1.88. The molecule has 6 nitrogen and oxygen atoms in total. The molecule has 1 fully saturated rings. The molecule has 4 aromatic carbocycles. The van der Waals surface area contributed by atoms with E-state index in [0.29, 0.717) is 12.1 Å². The second-order valence-corrected chi connectivity index (χ2v) is 9.18. The molecule has 0 saturated carbocycles. The lowest BCUT2D eigenvalue weighted by Crippen LogP contribution is -2.35. The number of ether oxygens (including phenoxy) is 3. The first-order valence-corrected chi connectivity index (χ1v) is 12.3. The zero-order chi connectivity index (χ0) is 24.5. The highest BCUT2D eigenvalue weighted by atomic mass is 16.5. The smallest absolute Gasteiger partial charge is 0.259 e. The fourth-order valence-corrected chi connectivity index (χ4v) is 4.99. The van der Waals surface area contributed by atoms with Crippen LogP contribution in [-0.4, -0.2) is 44.2 Å². The minimum absolute atomic E-state index is 0.0102. The SMILES string of the molecule is COc1ccc(CN2C(=O)c3cccc4c(Oc5ccc(CN6CCOCC6)cc5)ccc2c34)cc1. The molecule has 0 aromatic heterocycles. The Morgan fingerprint density at radius 1 is 0.806 bits per heavy atom. The third-order valence-corrected chi connectivity index (χ3v) is 6.91. The van der Waals surface area contributed by atoms with Gasteiger partial charge in [-0.25, -0.2) is 0 Å². The maximum absolute atomic E-state index is 13.3. The molecule has 0 aliphatic carbocycles. The molecule has 1 amide bonds. The van der Waals surface area contributed by atoms with Gasteiger partial charge in [0.15, 0.2) is 0 Å². The number of hydrogen-bond donors (Lipinski definition) is 0. The van der Waals surface area contributed by atoms with Crippen LogP contribution in [0, 0.1) is 0 Å². The van der Waals surface area contributed by atoms with E-state index >= 15 is 0 Å². The number of amides is 1. The molecular weight excluding hydrogens is 452 g/mol. The lowest BCUT2D eigenvalue weighted by atomic mass is 10.0. The van der Waals surface area contributed by atoms with Gasteiger partial charge in [-0.2, -0.15) is 0 Å². The predicted molar refractivity (Wildman–Crippen MR) is 140 cm³/mol. The molecule has 1 saturated heterocycles. The molecular formula is C30H28N2O4. The van der Waals surface area contributed by atoms with Gasteiger partial charge in [-0.1, -0.05) is 36.4 Å². The average Bonchev–Trinajstić information content (AvgIpc) is 3.19. The van der Waals surface area contributed by atoms with Crippen molar-refractivity contribution >= 4 is 22.4 Å². The van der Waals surface area contributed by atoms with Gasteiger partial charge < -0.3 is 19.1 Å². The van der Waals surface area contributed by atoms with Crippen LogP contribution in [0.4, 0.5) is 5.69 Å². The second kappa shape index (κ2) is 9.64. The summed E-state index contributed by atoms with van der Waals surface area (Å²) in [4.78, 5) is 17.6. The van der Waals surface area contributed by atoms with Crippen molar-refractivity contribution in [3.63, 3.8) is 0 Å². The van der Waals surface area contributed by atoms with E-state index in [2.05, 4.69) is 17.0 Å². The highest BCUT2D eigenvalue weighted by Gasteiger charge is 2.30. The maximum atomic E-state index is 13.3. The van der Waals surface area contributed by atoms with Gasteiger partial charge in [0.05, 0.1) is 32.6 Å². The predicted octanol–water partition coefficient (Wildman–Crippen LogP) is 5.63. The Balaban J connectivity index is 1.24. The molecule has 182 valence electrons. The van der Waals surface area contributed by atoms with E-state index in [0.717, 1.165) is 72.1 Å². The largest absolute Gasteiger partial charge is 0.497 e. The van der Waals surface area contributed by atoms with E-state index in [9.17, 15) is 4.79 Å². The first-order valence-electron chi connectivity index (χ1n) is 12.3. The van der Waals surface area contributed by atoms with Crippen LogP contribution in [0.15, 0.2) is 78.9 Å². The Labute approximate surface area is 210 Å². The molecule has 6 rings (SSSR count). The Hall–Kier alpha value is -3.87. The average molecular weight is 481 g/mol. The normalized spacial score (nSPS) is 15.5. The van der Waals surface area contributed by atoms with Crippen molar-refractivity contribution in [3.05, 3.63) is 95.6 Å². The lowest BCUT2D eigenvalue weighted by molar-refractivity contribution is 0.0342. The third-order valence-electron chi connectivity index (χ3n) is 6.91. The van der Waals surface area contributed by atoms with E-state index in [4.69, 9.17) is 14.2 Å². The Kier molecular flexibility index (Phi) is 6.05. The topological polar surface area (TPSA) is 51.2 Å². The number of methoxy groups -OCH3 is 1. The van der Waals surface area contributed by atoms with Crippen molar-refractivity contribution in [3.8, 4) is 17.2 Å². The zero-order valence-electron chi connectivity index (χ0n) is 20.3. The van der Waals surface area contributed by atoms with Crippen molar-refractivity contribution in [2.75, 3.05) is 38.3 Å². The summed E-state index contributed by atoms with van der Waals surface area (Å²) in [5.41, 5.74) is 3.92. The number of carbonyl (C=O) groups is 1. The van der Waals surface area contributed by atoms with Crippen molar-refractivity contribution in [2.24, 2.45) is 0 Å². The van der Waals surface area contributed by atoms with Crippen LogP contribution in [0.25, 0.3) is 10.8 Å². The number of hydrogen-bond acceptors (Lipinski definition) is 5. The fraction of sp³-hybridized carbons (Fsp3) is 0.233. The minimum Gasteiger partial charge on any atom is -0.497 e. The van der Waals surface area contributed by atoms with Gasteiger partial charge >= 0.3 is 0 Å². The molecule has 0 bridgehead atoms. The van der Waals surface area contributed by atoms with Crippen molar-refractivity contribution in [1.82, 2.24) is 4.90 Å². The molecule has 0 spiro atoms. The number of anilines is 1. The minimum atomic E-state index is 0.0102. The molecule has 2 aliphatic rings. The number of rotatable bonds is 7. The number of benzene rings is 4. The Bertz CT molecular complexity index is 1390. The van der Waals surface area contributed by atoms with E-state index in [1.54, 1.807) is 7.11 Å². The molecule has 0 radical (unpaired) electrons. The summed E-state index contributed by atoms with van der Waals surface area (Å²) < 4.78 is 17.0. The van der Waals surface area contributed by atoms with Crippen molar-refractivity contribution in [2.45, 2.75) is 13.1 Å². The number of morpholine rings is 1. The van der Waals surface area contributed by atoms with Crippen molar-refractivity contribution < 1.29 is 19.0 Å². The van der Waals surface area contributed by atoms with E-state index in [1.807, 2.05) is 71.6 Å².